The third-order valence-electron chi connectivity index (χ3n) is 2.85. The molecule has 1 N–H and O–H groups in total. The normalized spacial score (nSPS) is 10.5. The fourth-order valence-electron chi connectivity index (χ4n) is 1.84. The van der Waals surface area contributed by atoms with E-state index in [-0.39, 0.29) is 10.6 Å². The number of carbonyl (C=O) groups excluding carboxylic acids is 1. The molecule has 0 aliphatic carbocycles. The second-order valence-corrected chi connectivity index (χ2v) is 5.19. The molecule has 6 heteroatoms. The van der Waals surface area contributed by atoms with Gasteiger partial charge in [0.25, 0.3) is 0 Å². The Morgan fingerprint density at radius 3 is 2.67 bits per heavy atom. The minimum Gasteiger partial charge on any atom is -0.505 e. The number of benzene rings is 1. The number of aromatic hydroxyl groups is 1. The molecule has 2 heterocycles. The zero-order chi connectivity index (χ0) is 14.8. The number of pyridine rings is 1. The van der Waals surface area contributed by atoms with E-state index in [0.29, 0.717) is 21.8 Å². The summed E-state index contributed by atoms with van der Waals surface area (Å²) in [6.07, 6.45) is 0. The molecule has 1 aromatic carbocycles. The van der Waals surface area contributed by atoms with Crippen LogP contribution in [0.25, 0.3) is 10.2 Å². The average Bonchev–Trinajstić information content (AvgIpc) is 2.85. The second kappa shape index (κ2) is 5.41. The van der Waals surface area contributed by atoms with Crippen molar-refractivity contribution in [2.45, 2.75) is 0 Å². The molecule has 5 nitrogen and oxygen atoms in total. The maximum atomic E-state index is 12.1. The number of hydrogen-bond acceptors (Lipinski definition) is 6. The van der Waals surface area contributed by atoms with E-state index >= 15 is 0 Å². The molecular weight excluding hydrogens is 290 g/mol. The van der Waals surface area contributed by atoms with Crippen LogP contribution < -0.4 is 9.47 Å². The standard InChI is InChI=1S/C15H11NO4S/c1-19-11-8-7-10-12(17)13(21-14(10)16-11)15(18)20-9-5-3-2-4-6-9/h2-8,17H,1H3. The predicted molar refractivity (Wildman–Crippen MR) is 79.2 cm³/mol. The molecule has 0 atom stereocenters. The Morgan fingerprint density at radius 1 is 1.19 bits per heavy atom. The Bertz CT molecular complexity index is 798. The lowest BCUT2D eigenvalue weighted by Crippen LogP contribution is -2.06. The highest BCUT2D eigenvalue weighted by Crippen LogP contribution is 2.37. The minimum atomic E-state index is -0.610. The molecule has 0 unspecified atom stereocenters. The summed E-state index contributed by atoms with van der Waals surface area (Å²) >= 11 is 1.07. The predicted octanol–water partition coefficient (Wildman–Crippen LogP) is 3.23. The van der Waals surface area contributed by atoms with E-state index in [9.17, 15) is 9.90 Å². The molecule has 0 radical (unpaired) electrons. The van der Waals surface area contributed by atoms with Crippen LogP contribution in [0.2, 0.25) is 0 Å². The maximum absolute atomic E-state index is 12.1. The van der Waals surface area contributed by atoms with Crippen LogP contribution in [0, 0.1) is 0 Å². The molecule has 0 aliphatic rings. The van der Waals surface area contributed by atoms with Crippen LogP contribution in [0.5, 0.6) is 17.4 Å². The highest BCUT2D eigenvalue weighted by molar-refractivity contribution is 7.20. The van der Waals surface area contributed by atoms with Crippen molar-refractivity contribution < 1.29 is 19.4 Å². The Balaban J connectivity index is 1.96. The Labute approximate surface area is 124 Å². The third-order valence-corrected chi connectivity index (χ3v) is 3.92. The number of fused-ring (bicyclic) bond motifs is 1. The summed E-state index contributed by atoms with van der Waals surface area (Å²) in [5.74, 6) is 0.114. The van der Waals surface area contributed by atoms with Gasteiger partial charge in [-0.3, -0.25) is 0 Å². The van der Waals surface area contributed by atoms with Crippen LogP contribution in [-0.4, -0.2) is 23.2 Å². The molecular formula is C15H11NO4S. The Kier molecular flexibility index (Phi) is 3.45. The summed E-state index contributed by atoms with van der Waals surface area (Å²) in [5.41, 5.74) is 0. The molecule has 2 aromatic heterocycles. The zero-order valence-electron chi connectivity index (χ0n) is 11.1. The molecule has 0 spiro atoms. The van der Waals surface area contributed by atoms with Gasteiger partial charge < -0.3 is 14.6 Å². The SMILES string of the molecule is COc1ccc2c(O)c(C(=O)Oc3ccccc3)sc2n1. The second-order valence-electron chi connectivity index (χ2n) is 4.19. The molecule has 21 heavy (non-hydrogen) atoms. The van der Waals surface area contributed by atoms with Crippen molar-refractivity contribution in [3.8, 4) is 17.4 Å². The van der Waals surface area contributed by atoms with Crippen LogP contribution >= 0.6 is 11.3 Å². The highest BCUT2D eigenvalue weighted by atomic mass is 32.1. The molecule has 106 valence electrons. The number of carbonyl (C=O) groups is 1. The first-order chi connectivity index (χ1) is 10.2. The average molecular weight is 301 g/mol. The summed E-state index contributed by atoms with van der Waals surface area (Å²) in [6.45, 7) is 0. The van der Waals surface area contributed by atoms with Gasteiger partial charge in [0.15, 0.2) is 10.6 Å². The van der Waals surface area contributed by atoms with Gasteiger partial charge in [-0.15, -0.1) is 11.3 Å². The summed E-state index contributed by atoms with van der Waals surface area (Å²) in [4.78, 5) is 17.0. The summed E-state index contributed by atoms with van der Waals surface area (Å²) in [6, 6.07) is 12.0. The molecule has 3 rings (SSSR count). The van der Waals surface area contributed by atoms with Gasteiger partial charge in [-0.1, -0.05) is 18.2 Å². The molecule has 0 amide bonds. The third kappa shape index (κ3) is 2.53. The zero-order valence-corrected chi connectivity index (χ0v) is 11.9. The van der Waals surface area contributed by atoms with Crippen molar-refractivity contribution in [2.75, 3.05) is 7.11 Å². The van der Waals surface area contributed by atoms with Gasteiger partial charge in [-0.05, 0) is 18.2 Å². The van der Waals surface area contributed by atoms with Crippen LogP contribution in [0.15, 0.2) is 42.5 Å². The molecule has 0 bridgehead atoms. The number of hydrogen-bond donors (Lipinski definition) is 1. The van der Waals surface area contributed by atoms with E-state index < -0.39 is 5.97 Å². The summed E-state index contributed by atoms with van der Waals surface area (Å²) < 4.78 is 10.2. The number of esters is 1. The van der Waals surface area contributed by atoms with Crippen molar-refractivity contribution in [3.63, 3.8) is 0 Å². The lowest BCUT2D eigenvalue weighted by Gasteiger charge is -2.01. The first kappa shape index (κ1) is 13.4. The lowest BCUT2D eigenvalue weighted by atomic mass is 10.3. The lowest BCUT2D eigenvalue weighted by molar-refractivity contribution is 0.0737. The van der Waals surface area contributed by atoms with Gasteiger partial charge in [-0.25, -0.2) is 9.78 Å². The van der Waals surface area contributed by atoms with Crippen molar-refractivity contribution in [1.29, 1.82) is 0 Å². The highest BCUT2D eigenvalue weighted by Gasteiger charge is 2.21. The summed E-state index contributed by atoms with van der Waals surface area (Å²) in [5, 5.41) is 10.6. The number of thiophene rings is 1. The van der Waals surface area contributed by atoms with E-state index in [1.165, 1.54) is 7.11 Å². The van der Waals surface area contributed by atoms with E-state index in [4.69, 9.17) is 9.47 Å². The van der Waals surface area contributed by atoms with Gasteiger partial charge in [0.2, 0.25) is 5.88 Å². The molecule has 0 saturated carbocycles. The number of rotatable bonds is 3. The number of methoxy groups -OCH3 is 1. The molecule has 0 fully saturated rings. The van der Waals surface area contributed by atoms with E-state index in [2.05, 4.69) is 4.98 Å². The molecule has 0 saturated heterocycles. The van der Waals surface area contributed by atoms with Crippen LogP contribution in [-0.2, 0) is 0 Å². The maximum Gasteiger partial charge on any atom is 0.357 e. The minimum absolute atomic E-state index is 0.119. The van der Waals surface area contributed by atoms with Gasteiger partial charge in [0.05, 0.1) is 12.5 Å². The van der Waals surface area contributed by atoms with Crippen LogP contribution in [0.4, 0.5) is 0 Å². The first-order valence-electron chi connectivity index (χ1n) is 6.13. The monoisotopic (exact) mass is 301 g/mol. The van der Waals surface area contributed by atoms with Crippen molar-refractivity contribution in [3.05, 3.63) is 47.3 Å². The van der Waals surface area contributed by atoms with Crippen molar-refractivity contribution in [2.24, 2.45) is 0 Å². The van der Waals surface area contributed by atoms with Gasteiger partial charge in [0.1, 0.15) is 10.6 Å². The van der Waals surface area contributed by atoms with Crippen LogP contribution in [0.3, 0.4) is 0 Å². The number of para-hydroxylation sites is 1. The topological polar surface area (TPSA) is 68.7 Å². The Morgan fingerprint density at radius 2 is 1.95 bits per heavy atom. The van der Waals surface area contributed by atoms with Gasteiger partial charge in [0, 0.05) is 6.07 Å². The fraction of sp³-hybridized carbons (Fsp3) is 0.0667. The number of ether oxygens (including phenoxy) is 2. The van der Waals surface area contributed by atoms with E-state index in [0.717, 1.165) is 11.3 Å². The van der Waals surface area contributed by atoms with Gasteiger partial charge in [-0.2, -0.15) is 0 Å². The van der Waals surface area contributed by atoms with Crippen molar-refractivity contribution >= 4 is 27.5 Å². The number of nitrogens with zero attached hydrogens (tertiary/aromatic N) is 1. The van der Waals surface area contributed by atoms with E-state index in [1.807, 2.05) is 6.07 Å². The fourth-order valence-corrected chi connectivity index (χ4v) is 2.78. The molecule has 3 aromatic rings. The van der Waals surface area contributed by atoms with E-state index in [1.54, 1.807) is 36.4 Å². The van der Waals surface area contributed by atoms with Gasteiger partial charge >= 0.3 is 5.97 Å². The first-order valence-corrected chi connectivity index (χ1v) is 6.94. The Hall–Kier alpha value is -2.60. The number of aromatic nitrogens is 1. The van der Waals surface area contributed by atoms with Crippen molar-refractivity contribution in [1.82, 2.24) is 4.98 Å². The summed E-state index contributed by atoms with van der Waals surface area (Å²) in [7, 11) is 1.51. The largest absolute Gasteiger partial charge is 0.505 e. The quantitative estimate of drug-likeness (QED) is 0.594. The van der Waals surface area contributed by atoms with Crippen LogP contribution in [0.1, 0.15) is 9.67 Å². The molecule has 0 aliphatic heterocycles. The smallest absolute Gasteiger partial charge is 0.357 e.